The van der Waals surface area contributed by atoms with Crippen LogP contribution in [0.2, 0.25) is 0 Å². The topological polar surface area (TPSA) is 82.2 Å². The first-order valence-electron chi connectivity index (χ1n) is 8.70. The number of likely N-dealkylation sites (N-methyl/N-ethyl adjacent to an activating group) is 1. The smallest absolute Gasteiger partial charge is 0.254 e. The van der Waals surface area contributed by atoms with Crippen LogP contribution in [0.25, 0.3) is 0 Å². The average Bonchev–Trinajstić information content (AvgIpc) is 3.27. The second kappa shape index (κ2) is 8.30. The van der Waals surface area contributed by atoms with Crippen LogP contribution < -0.4 is 4.90 Å². The largest absolute Gasteiger partial charge is 0.327 e. The number of anilines is 1. The number of benzene rings is 2. The van der Waals surface area contributed by atoms with Crippen LogP contribution in [0.1, 0.15) is 27.8 Å². The Labute approximate surface area is 163 Å². The normalized spacial score (nSPS) is 11.5. The van der Waals surface area contributed by atoms with E-state index in [1.165, 1.54) is 17.3 Å². The molecule has 0 saturated heterocycles. The Bertz CT molecular complexity index is 952. The Morgan fingerprint density at radius 2 is 1.75 bits per heavy atom. The quantitative estimate of drug-likeness (QED) is 0.672. The zero-order chi connectivity index (χ0) is 20.1. The number of rotatable bonds is 6. The number of hydrogen-bond acceptors (Lipinski definition) is 4. The molecule has 3 aromatic rings. The summed E-state index contributed by atoms with van der Waals surface area (Å²) in [5.41, 5.74) is 2.10. The van der Waals surface area contributed by atoms with Crippen LogP contribution in [0.3, 0.4) is 0 Å². The SMILES string of the molecule is C=CC(=O)N(C)c1ccc(C(=O)N(C)C(c2ccccc2)c2ncn[nH]2)cc1. The van der Waals surface area contributed by atoms with Crippen LogP contribution in [-0.2, 0) is 4.79 Å². The minimum absolute atomic E-state index is 0.172. The van der Waals surface area contributed by atoms with Gasteiger partial charge in [-0.2, -0.15) is 5.10 Å². The number of nitrogens with zero attached hydrogens (tertiary/aromatic N) is 4. The Kier molecular flexibility index (Phi) is 5.64. The maximum absolute atomic E-state index is 13.1. The van der Waals surface area contributed by atoms with Crippen molar-refractivity contribution in [3.8, 4) is 0 Å². The van der Waals surface area contributed by atoms with Gasteiger partial charge in [0.2, 0.25) is 5.91 Å². The summed E-state index contributed by atoms with van der Waals surface area (Å²) < 4.78 is 0. The van der Waals surface area contributed by atoms with Crippen LogP contribution in [0.15, 0.2) is 73.6 Å². The van der Waals surface area contributed by atoms with Gasteiger partial charge in [0.15, 0.2) is 5.82 Å². The minimum atomic E-state index is -0.402. The molecule has 142 valence electrons. The third kappa shape index (κ3) is 3.83. The highest BCUT2D eigenvalue weighted by Gasteiger charge is 2.26. The van der Waals surface area contributed by atoms with Gasteiger partial charge < -0.3 is 9.80 Å². The molecule has 28 heavy (non-hydrogen) atoms. The lowest BCUT2D eigenvalue weighted by molar-refractivity contribution is -0.113. The molecule has 0 radical (unpaired) electrons. The van der Waals surface area contributed by atoms with E-state index >= 15 is 0 Å². The molecule has 0 saturated carbocycles. The van der Waals surface area contributed by atoms with E-state index < -0.39 is 6.04 Å². The molecule has 7 nitrogen and oxygen atoms in total. The Balaban J connectivity index is 1.88. The van der Waals surface area contributed by atoms with Gasteiger partial charge in [0, 0.05) is 25.3 Å². The average molecular weight is 375 g/mol. The van der Waals surface area contributed by atoms with Crippen LogP contribution in [-0.4, -0.2) is 46.0 Å². The number of aromatic amines is 1. The number of nitrogens with one attached hydrogen (secondary N) is 1. The number of H-pyrrole nitrogens is 1. The van der Waals surface area contributed by atoms with Gasteiger partial charge in [-0.1, -0.05) is 36.9 Å². The first-order chi connectivity index (χ1) is 13.5. The summed E-state index contributed by atoms with van der Waals surface area (Å²) in [7, 11) is 3.38. The number of hydrogen-bond donors (Lipinski definition) is 1. The minimum Gasteiger partial charge on any atom is -0.327 e. The summed E-state index contributed by atoms with van der Waals surface area (Å²) in [5.74, 6) is 0.190. The van der Waals surface area contributed by atoms with E-state index in [9.17, 15) is 9.59 Å². The van der Waals surface area contributed by atoms with Crippen molar-refractivity contribution >= 4 is 17.5 Å². The molecule has 1 aromatic heterocycles. The maximum atomic E-state index is 13.1. The molecule has 1 unspecified atom stereocenters. The standard InChI is InChI=1S/C21H21N5O2/c1-4-18(27)25(2)17-12-10-16(11-13-17)21(28)26(3)19(20-22-14-23-24-20)15-8-6-5-7-9-15/h4-14,19H,1H2,2-3H3,(H,22,23,24). The van der Waals surface area contributed by atoms with Crippen molar-refractivity contribution in [1.29, 1.82) is 0 Å². The fraction of sp³-hybridized carbons (Fsp3) is 0.143. The van der Waals surface area contributed by atoms with Gasteiger partial charge in [0.1, 0.15) is 12.4 Å². The van der Waals surface area contributed by atoms with Gasteiger partial charge >= 0.3 is 0 Å². The highest BCUT2D eigenvalue weighted by Crippen LogP contribution is 2.26. The van der Waals surface area contributed by atoms with E-state index in [-0.39, 0.29) is 11.8 Å². The van der Waals surface area contributed by atoms with E-state index in [4.69, 9.17) is 0 Å². The molecule has 0 bridgehead atoms. The maximum Gasteiger partial charge on any atom is 0.254 e. The molecule has 2 aromatic carbocycles. The molecular weight excluding hydrogens is 354 g/mol. The number of carbonyl (C=O) groups is 2. The van der Waals surface area contributed by atoms with Crippen molar-refractivity contribution < 1.29 is 9.59 Å². The molecule has 1 heterocycles. The first kappa shape index (κ1) is 19.0. The summed E-state index contributed by atoms with van der Waals surface area (Å²) >= 11 is 0. The van der Waals surface area contributed by atoms with Crippen molar-refractivity contribution in [2.75, 3.05) is 19.0 Å². The van der Waals surface area contributed by atoms with Crippen molar-refractivity contribution in [2.24, 2.45) is 0 Å². The van der Waals surface area contributed by atoms with Crippen LogP contribution >= 0.6 is 0 Å². The molecule has 0 aliphatic rings. The van der Waals surface area contributed by atoms with Gasteiger partial charge in [-0.3, -0.25) is 14.7 Å². The van der Waals surface area contributed by atoms with E-state index in [2.05, 4.69) is 21.8 Å². The van der Waals surface area contributed by atoms with Gasteiger partial charge in [-0.15, -0.1) is 0 Å². The monoisotopic (exact) mass is 375 g/mol. The van der Waals surface area contributed by atoms with Crippen molar-refractivity contribution in [1.82, 2.24) is 20.1 Å². The van der Waals surface area contributed by atoms with Crippen molar-refractivity contribution in [3.63, 3.8) is 0 Å². The molecule has 0 aliphatic carbocycles. The first-order valence-corrected chi connectivity index (χ1v) is 8.70. The number of carbonyl (C=O) groups excluding carboxylic acids is 2. The summed E-state index contributed by atoms with van der Waals surface area (Å²) in [5, 5.41) is 6.78. The Hall–Kier alpha value is -3.74. The van der Waals surface area contributed by atoms with Crippen LogP contribution in [0, 0.1) is 0 Å². The molecule has 7 heteroatoms. The highest BCUT2D eigenvalue weighted by molar-refractivity contribution is 6.01. The fourth-order valence-electron chi connectivity index (χ4n) is 2.96. The van der Waals surface area contributed by atoms with Crippen LogP contribution in [0.5, 0.6) is 0 Å². The van der Waals surface area contributed by atoms with Gasteiger partial charge in [0.25, 0.3) is 5.91 Å². The Morgan fingerprint density at radius 3 is 2.32 bits per heavy atom. The zero-order valence-electron chi connectivity index (χ0n) is 15.7. The second-order valence-corrected chi connectivity index (χ2v) is 6.25. The number of amides is 2. The predicted molar refractivity (Wildman–Crippen MR) is 107 cm³/mol. The fourth-order valence-corrected chi connectivity index (χ4v) is 2.96. The predicted octanol–water partition coefficient (Wildman–Crippen LogP) is 2.82. The van der Waals surface area contributed by atoms with E-state index in [0.717, 1.165) is 5.56 Å². The van der Waals surface area contributed by atoms with Crippen molar-refractivity contribution in [2.45, 2.75) is 6.04 Å². The van der Waals surface area contributed by atoms with Gasteiger partial charge in [-0.25, -0.2) is 4.98 Å². The lowest BCUT2D eigenvalue weighted by Crippen LogP contribution is -2.32. The lowest BCUT2D eigenvalue weighted by Gasteiger charge is -2.27. The third-order valence-corrected chi connectivity index (χ3v) is 4.52. The molecule has 0 aliphatic heterocycles. The van der Waals surface area contributed by atoms with E-state index in [1.807, 2.05) is 30.3 Å². The van der Waals surface area contributed by atoms with Crippen molar-refractivity contribution in [3.05, 3.63) is 90.5 Å². The second-order valence-electron chi connectivity index (χ2n) is 6.25. The summed E-state index contributed by atoms with van der Waals surface area (Å²) in [6.07, 6.45) is 2.67. The van der Waals surface area contributed by atoms with Gasteiger partial charge in [-0.05, 0) is 35.9 Å². The molecular formula is C21H21N5O2. The van der Waals surface area contributed by atoms with E-state index in [0.29, 0.717) is 17.1 Å². The molecule has 2 amide bonds. The number of aromatic nitrogens is 3. The summed E-state index contributed by atoms with van der Waals surface area (Å²) in [6, 6.07) is 16.1. The zero-order valence-corrected chi connectivity index (χ0v) is 15.7. The Morgan fingerprint density at radius 1 is 1.07 bits per heavy atom. The molecule has 3 rings (SSSR count). The van der Waals surface area contributed by atoms with Crippen LogP contribution in [0.4, 0.5) is 5.69 Å². The lowest BCUT2D eigenvalue weighted by atomic mass is 10.0. The highest BCUT2D eigenvalue weighted by atomic mass is 16.2. The molecule has 1 N–H and O–H groups in total. The molecule has 0 spiro atoms. The molecule has 0 fully saturated rings. The van der Waals surface area contributed by atoms with Gasteiger partial charge in [0.05, 0.1) is 0 Å². The van der Waals surface area contributed by atoms with E-state index in [1.54, 1.807) is 43.3 Å². The summed E-state index contributed by atoms with van der Waals surface area (Å²) in [4.78, 5) is 32.1. The molecule has 1 atom stereocenters. The third-order valence-electron chi connectivity index (χ3n) is 4.52. The summed E-state index contributed by atoms with van der Waals surface area (Å²) in [6.45, 7) is 3.48.